The third kappa shape index (κ3) is 2.99. The molecule has 0 fully saturated rings. The number of nitrogens with zero attached hydrogens (tertiary/aromatic N) is 1. The van der Waals surface area contributed by atoms with Crippen molar-refractivity contribution in [3.05, 3.63) is 29.8 Å². The molecule has 0 aliphatic carbocycles. The Kier molecular flexibility index (Phi) is 3.93. The molecule has 0 bridgehead atoms. The van der Waals surface area contributed by atoms with Gasteiger partial charge in [0.1, 0.15) is 5.75 Å². The van der Waals surface area contributed by atoms with Crippen LogP contribution in [0.1, 0.15) is 26.3 Å². The van der Waals surface area contributed by atoms with Crippen LogP contribution in [0.5, 0.6) is 5.75 Å². The maximum Gasteiger partial charge on any atom is 0.210 e. The molecule has 0 aromatic heterocycles. The zero-order chi connectivity index (χ0) is 12.2. The quantitative estimate of drug-likeness (QED) is 0.731. The first kappa shape index (κ1) is 12.6. The zero-order valence-corrected chi connectivity index (χ0v) is 10.4. The number of rotatable bonds is 4. The molecule has 0 radical (unpaired) electrons. The molecule has 0 N–H and O–H groups in total. The highest BCUT2D eigenvalue weighted by Crippen LogP contribution is 2.22. The van der Waals surface area contributed by atoms with Crippen LogP contribution in [0.3, 0.4) is 0 Å². The summed E-state index contributed by atoms with van der Waals surface area (Å²) in [6, 6.07) is 7.75. The van der Waals surface area contributed by atoms with Crippen molar-refractivity contribution in [2.75, 3.05) is 7.11 Å². The van der Waals surface area contributed by atoms with Crippen LogP contribution in [0.25, 0.3) is 0 Å². The summed E-state index contributed by atoms with van der Waals surface area (Å²) >= 11 is 0. The SMILES string of the molecule is COc1ccccc1CN(C=O)C(C)(C)C. The standard InChI is InChI=1S/C13H19NO2/c1-13(2,3)14(10-15)9-11-7-5-6-8-12(11)16-4/h5-8,10H,9H2,1-4H3. The number of carbonyl (C=O) groups excluding carboxylic acids is 1. The predicted molar refractivity (Wildman–Crippen MR) is 64.4 cm³/mol. The third-order valence-corrected chi connectivity index (χ3v) is 2.52. The van der Waals surface area contributed by atoms with Crippen LogP contribution in [0.2, 0.25) is 0 Å². The number of amides is 1. The first-order valence-electron chi connectivity index (χ1n) is 5.33. The molecule has 0 saturated carbocycles. The summed E-state index contributed by atoms with van der Waals surface area (Å²) in [6.45, 7) is 6.60. The van der Waals surface area contributed by atoms with Crippen LogP contribution in [0, 0.1) is 0 Å². The molecular weight excluding hydrogens is 202 g/mol. The number of carbonyl (C=O) groups is 1. The fourth-order valence-corrected chi connectivity index (χ4v) is 1.45. The van der Waals surface area contributed by atoms with E-state index < -0.39 is 0 Å². The lowest BCUT2D eigenvalue weighted by atomic mass is 10.1. The van der Waals surface area contributed by atoms with E-state index in [2.05, 4.69) is 0 Å². The Hall–Kier alpha value is -1.51. The summed E-state index contributed by atoms with van der Waals surface area (Å²) in [5, 5.41) is 0. The first-order valence-corrected chi connectivity index (χ1v) is 5.33. The molecule has 0 unspecified atom stereocenters. The van der Waals surface area contributed by atoms with Gasteiger partial charge in [0.05, 0.1) is 7.11 Å². The van der Waals surface area contributed by atoms with Crippen molar-refractivity contribution in [1.82, 2.24) is 4.90 Å². The van der Waals surface area contributed by atoms with Gasteiger partial charge in [0.25, 0.3) is 0 Å². The van der Waals surface area contributed by atoms with Gasteiger partial charge >= 0.3 is 0 Å². The largest absolute Gasteiger partial charge is 0.496 e. The van der Waals surface area contributed by atoms with Gasteiger partial charge in [0, 0.05) is 17.6 Å². The number of ether oxygens (including phenoxy) is 1. The third-order valence-electron chi connectivity index (χ3n) is 2.52. The Morgan fingerprint density at radius 1 is 1.31 bits per heavy atom. The second kappa shape index (κ2) is 5.01. The molecule has 0 heterocycles. The lowest BCUT2D eigenvalue weighted by Crippen LogP contribution is -2.39. The highest BCUT2D eigenvalue weighted by molar-refractivity contribution is 5.49. The Morgan fingerprint density at radius 3 is 2.44 bits per heavy atom. The Bertz CT molecular complexity index is 355. The summed E-state index contributed by atoms with van der Waals surface area (Å²) in [7, 11) is 1.64. The van der Waals surface area contributed by atoms with Gasteiger partial charge in [0.15, 0.2) is 0 Å². The van der Waals surface area contributed by atoms with Crippen molar-refractivity contribution in [3.8, 4) is 5.75 Å². The van der Waals surface area contributed by atoms with Gasteiger partial charge < -0.3 is 9.64 Å². The normalized spacial score (nSPS) is 11.0. The van der Waals surface area contributed by atoms with Gasteiger partial charge in [-0.1, -0.05) is 18.2 Å². The highest BCUT2D eigenvalue weighted by atomic mass is 16.5. The minimum atomic E-state index is -0.178. The molecule has 0 aliphatic heterocycles. The minimum absolute atomic E-state index is 0.178. The van der Waals surface area contributed by atoms with Crippen molar-refractivity contribution in [2.45, 2.75) is 32.9 Å². The number of hydrogen-bond acceptors (Lipinski definition) is 2. The van der Waals surface area contributed by atoms with Crippen molar-refractivity contribution >= 4 is 6.41 Å². The first-order chi connectivity index (χ1) is 7.49. The summed E-state index contributed by atoms with van der Waals surface area (Å²) in [5.74, 6) is 0.818. The average Bonchev–Trinajstić information content (AvgIpc) is 2.24. The van der Waals surface area contributed by atoms with Gasteiger partial charge in [-0.3, -0.25) is 4.79 Å². The van der Waals surface area contributed by atoms with Crippen LogP contribution in [-0.2, 0) is 11.3 Å². The summed E-state index contributed by atoms with van der Waals surface area (Å²) in [5.41, 5.74) is 0.842. The predicted octanol–water partition coefficient (Wildman–Crippen LogP) is 2.45. The summed E-state index contributed by atoms with van der Waals surface area (Å²) in [4.78, 5) is 12.8. The Morgan fingerprint density at radius 2 is 1.94 bits per heavy atom. The van der Waals surface area contributed by atoms with Crippen molar-refractivity contribution in [3.63, 3.8) is 0 Å². The van der Waals surface area contributed by atoms with E-state index in [0.717, 1.165) is 17.7 Å². The molecule has 1 rings (SSSR count). The highest BCUT2D eigenvalue weighted by Gasteiger charge is 2.20. The van der Waals surface area contributed by atoms with E-state index in [4.69, 9.17) is 4.74 Å². The topological polar surface area (TPSA) is 29.5 Å². The molecule has 0 saturated heterocycles. The fraction of sp³-hybridized carbons (Fsp3) is 0.462. The van der Waals surface area contributed by atoms with E-state index in [9.17, 15) is 4.79 Å². The van der Waals surface area contributed by atoms with E-state index >= 15 is 0 Å². The van der Waals surface area contributed by atoms with Crippen LogP contribution in [0.15, 0.2) is 24.3 Å². The zero-order valence-electron chi connectivity index (χ0n) is 10.4. The van der Waals surface area contributed by atoms with Crippen LogP contribution >= 0.6 is 0 Å². The monoisotopic (exact) mass is 221 g/mol. The van der Waals surface area contributed by atoms with Gasteiger partial charge in [-0.25, -0.2) is 0 Å². The van der Waals surface area contributed by atoms with Gasteiger partial charge in [0.2, 0.25) is 6.41 Å². The molecule has 1 aromatic carbocycles. The van der Waals surface area contributed by atoms with Gasteiger partial charge in [-0.2, -0.15) is 0 Å². The van der Waals surface area contributed by atoms with E-state index in [1.54, 1.807) is 12.0 Å². The number of benzene rings is 1. The lowest BCUT2D eigenvalue weighted by molar-refractivity contribution is -0.123. The van der Waals surface area contributed by atoms with Crippen LogP contribution in [-0.4, -0.2) is 24.0 Å². The number of methoxy groups -OCH3 is 1. The molecular formula is C13H19NO2. The second-order valence-electron chi connectivity index (χ2n) is 4.72. The van der Waals surface area contributed by atoms with Crippen LogP contribution < -0.4 is 4.74 Å². The molecule has 1 amide bonds. The smallest absolute Gasteiger partial charge is 0.210 e. The molecule has 1 aromatic rings. The molecule has 88 valence electrons. The second-order valence-corrected chi connectivity index (χ2v) is 4.72. The van der Waals surface area contributed by atoms with Crippen molar-refractivity contribution < 1.29 is 9.53 Å². The lowest BCUT2D eigenvalue weighted by Gasteiger charge is -2.32. The summed E-state index contributed by atoms with van der Waals surface area (Å²) < 4.78 is 5.26. The number of hydrogen-bond donors (Lipinski definition) is 0. The van der Waals surface area contributed by atoms with Gasteiger partial charge in [-0.05, 0) is 26.8 Å². The minimum Gasteiger partial charge on any atom is -0.496 e. The molecule has 3 nitrogen and oxygen atoms in total. The Labute approximate surface area is 97.0 Å². The fourth-order valence-electron chi connectivity index (χ4n) is 1.45. The molecule has 3 heteroatoms. The van der Waals surface area contributed by atoms with E-state index in [-0.39, 0.29) is 5.54 Å². The molecule has 16 heavy (non-hydrogen) atoms. The number of para-hydroxylation sites is 1. The van der Waals surface area contributed by atoms with E-state index in [1.165, 1.54) is 0 Å². The van der Waals surface area contributed by atoms with E-state index in [1.807, 2.05) is 45.0 Å². The Balaban J connectivity index is 2.90. The maximum absolute atomic E-state index is 11.0. The maximum atomic E-state index is 11.0. The molecule has 0 aliphatic rings. The summed E-state index contributed by atoms with van der Waals surface area (Å²) in [6.07, 6.45) is 0.881. The average molecular weight is 221 g/mol. The molecule has 0 atom stereocenters. The molecule has 0 spiro atoms. The van der Waals surface area contributed by atoms with Crippen molar-refractivity contribution in [1.29, 1.82) is 0 Å². The van der Waals surface area contributed by atoms with E-state index in [0.29, 0.717) is 6.54 Å². The van der Waals surface area contributed by atoms with Gasteiger partial charge in [-0.15, -0.1) is 0 Å². The van der Waals surface area contributed by atoms with Crippen LogP contribution in [0.4, 0.5) is 0 Å². The van der Waals surface area contributed by atoms with Crippen molar-refractivity contribution in [2.24, 2.45) is 0 Å².